The van der Waals surface area contributed by atoms with E-state index >= 15 is 0 Å². The summed E-state index contributed by atoms with van der Waals surface area (Å²) in [6, 6.07) is 6.13. The van der Waals surface area contributed by atoms with E-state index in [0.717, 1.165) is 25.9 Å². The van der Waals surface area contributed by atoms with Gasteiger partial charge in [0.2, 0.25) is 11.8 Å². The summed E-state index contributed by atoms with van der Waals surface area (Å²) in [5.74, 6) is -0.283. The van der Waals surface area contributed by atoms with Crippen molar-refractivity contribution < 1.29 is 14.4 Å². The van der Waals surface area contributed by atoms with E-state index in [2.05, 4.69) is 10.2 Å². The second-order valence-corrected chi connectivity index (χ2v) is 8.48. The van der Waals surface area contributed by atoms with E-state index in [9.17, 15) is 14.4 Å². The van der Waals surface area contributed by atoms with Crippen molar-refractivity contribution in [2.75, 3.05) is 45.8 Å². The first-order valence-electron chi connectivity index (χ1n) is 10.8. The number of nitrogens with one attached hydrogen (secondary N) is 1. The molecule has 2 saturated heterocycles. The van der Waals surface area contributed by atoms with Crippen LogP contribution in [0.3, 0.4) is 0 Å². The standard InChI is InChI=1S/C22H31ClN4O3/c1-17(24-21(29)18-8-4-5-9-19(18)23)22(30)27-14-12-25(13-15-27)16-20(28)26-10-6-2-3-7-11-26/h4-5,8-9,17H,2-3,6-7,10-16H2,1H3,(H,24,29)/t17-/m0/s1. The molecule has 0 aliphatic carbocycles. The Morgan fingerprint density at radius 1 is 0.933 bits per heavy atom. The van der Waals surface area contributed by atoms with Crippen molar-refractivity contribution in [3.63, 3.8) is 0 Å². The molecule has 2 aliphatic heterocycles. The van der Waals surface area contributed by atoms with Crippen molar-refractivity contribution in [3.8, 4) is 0 Å². The first kappa shape index (κ1) is 22.6. The lowest BCUT2D eigenvalue weighted by atomic mass is 10.2. The fourth-order valence-electron chi connectivity index (χ4n) is 3.99. The van der Waals surface area contributed by atoms with Crippen molar-refractivity contribution in [1.82, 2.24) is 20.0 Å². The maximum Gasteiger partial charge on any atom is 0.253 e. The highest BCUT2D eigenvalue weighted by molar-refractivity contribution is 6.33. The zero-order valence-electron chi connectivity index (χ0n) is 17.6. The van der Waals surface area contributed by atoms with E-state index in [4.69, 9.17) is 11.6 Å². The summed E-state index contributed by atoms with van der Waals surface area (Å²) in [5, 5.41) is 3.10. The van der Waals surface area contributed by atoms with E-state index in [1.807, 2.05) is 4.90 Å². The fourth-order valence-corrected chi connectivity index (χ4v) is 4.21. The van der Waals surface area contributed by atoms with Crippen molar-refractivity contribution in [2.45, 2.75) is 38.6 Å². The molecular weight excluding hydrogens is 404 g/mol. The number of likely N-dealkylation sites (tertiary alicyclic amines) is 1. The molecule has 0 bridgehead atoms. The van der Waals surface area contributed by atoms with Gasteiger partial charge in [-0.05, 0) is 31.9 Å². The maximum absolute atomic E-state index is 12.7. The summed E-state index contributed by atoms with van der Waals surface area (Å²) in [6.45, 7) is 6.26. The Hall–Kier alpha value is -2.12. The summed E-state index contributed by atoms with van der Waals surface area (Å²) in [4.78, 5) is 43.6. The number of halogens is 1. The lowest BCUT2D eigenvalue weighted by molar-refractivity contribution is -0.136. The second-order valence-electron chi connectivity index (χ2n) is 8.07. The van der Waals surface area contributed by atoms with Crippen molar-refractivity contribution in [2.24, 2.45) is 0 Å². The molecule has 7 nitrogen and oxygen atoms in total. The Morgan fingerprint density at radius 3 is 2.20 bits per heavy atom. The van der Waals surface area contributed by atoms with E-state index < -0.39 is 6.04 Å². The number of piperazine rings is 1. The van der Waals surface area contributed by atoms with Crippen LogP contribution >= 0.6 is 11.6 Å². The second kappa shape index (κ2) is 10.8. The van der Waals surface area contributed by atoms with Crippen LogP contribution in [0.1, 0.15) is 43.0 Å². The SMILES string of the molecule is C[C@H](NC(=O)c1ccccc1Cl)C(=O)N1CCN(CC(=O)N2CCCCCC2)CC1. The zero-order valence-corrected chi connectivity index (χ0v) is 18.4. The van der Waals surface area contributed by atoms with Gasteiger partial charge in [0.1, 0.15) is 6.04 Å². The molecule has 0 spiro atoms. The largest absolute Gasteiger partial charge is 0.342 e. The van der Waals surface area contributed by atoms with Gasteiger partial charge >= 0.3 is 0 Å². The maximum atomic E-state index is 12.7. The highest BCUT2D eigenvalue weighted by Crippen LogP contribution is 2.15. The number of carbonyl (C=O) groups excluding carboxylic acids is 3. The van der Waals surface area contributed by atoms with Crippen molar-refractivity contribution in [1.29, 1.82) is 0 Å². The third kappa shape index (κ3) is 5.95. The van der Waals surface area contributed by atoms with Gasteiger partial charge in [-0.1, -0.05) is 36.6 Å². The van der Waals surface area contributed by atoms with E-state index in [-0.39, 0.29) is 17.7 Å². The highest BCUT2D eigenvalue weighted by Gasteiger charge is 2.28. The minimum atomic E-state index is -0.640. The molecule has 2 aliphatic rings. The lowest BCUT2D eigenvalue weighted by Gasteiger charge is -2.36. The number of rotatable bonds is 5. The van der Waals surface area contributed by atoms with Crippen LogP contribution in [0.15, 0.2) is 24.3 Å². The van der Waals surface area contributed by atoms with Crippen LogP contribution in [0.2, 0.25) is 5.02 Å². The van der Waals surface area contributed by atoms with E-state index in [0.29, 0.717) is 43.3 Å². The van der Waals surface area contributed by atoms with Crippen LogP contribution in [0.25, 0.3) is 0 Å². The molecule has 1 N–H and O–H groups in total. The first-order valence-corrected chi connectivity index (χ1v) is 11.2. The predicted octanol–water partition coefficient (Wildman–Crippen LogP) is 2.01. The average Bonchev–Trinajstić information content (AvgIpc) is 3.03. The molecule has 0 aromatic heterocycles. The molecular formula is C22H31ClN4O3. The van der Waals surface area contributed by atoms with Gasteiger partial charge in [-0.15, -0.1) is 0 Å². The minimum absolute atomic E-state index is 0.117. The normalized spacial score (nSPS) is 19.1. The van der Waals surface area contributed by atoms with Crippen molar-refractivity contribution in [3.05, 3.63) is 34.9 Å². The molecule has 1 aromatic carbocycles. The molecule has 30 heavy (non-hydrogen) atoms. The third-order valence-electron chi connectivity index (χ3n) is 5.84. The third-order valence-corrected chi connectivity index (χ3v) is 6.17. The molecule has 1 atom stereocenters. The molecule has 164 valence electrons. The van der Waals surface area contributed by atoms with Gasteiger partial charge in [0, 0.05) is 39.3 Å². The van der Waals surface area contributed by atoms with Gasteiger partial charge in [-0.2, -0.15) is 0 Å². The Labute approximate surface area is 183 Å². The summed E-state index contributed by atoms with van der Waals surface area (Å²) >= 11 is 6.06. The Morgan fingerprint density at radius 2 is 1.57 bits per heavy atom. The van der Waals surface area contributed by atoms with Crippen LogP contribution in [0.5, 0.6) is 0 Å². The smallest absolute Gasteiger partial charge is 0.253 e. The molecule has 0 unspecified atom stereocenters. The summed E-state index contributed by atoms with van der Waals surface area (Å²) in [7, 11) is 0. The molecule has 0 radical (unpaired) electrons. The summed E-state index contributed by atoms with van der Waals surface area (Å²) in [6.07, 6.45) is 4.59. The predicted molar refractivity (Wildman–Crippen MR) is 116 cm³/mol. The number of carbonyl (C=O) groups is 3. The van der Waals surface area contributed by atoms with Gasteiger partial charge in [-0.25, -0.2) is 0 Å². The Kier molecular flexibility index (Phi) is 8.10. The van der Waals surface area contributed by atoms with Crippen LogP contribution in [-0.2, 0) is 9.59 Å². The molecule has 2 heterocycles. The topological polar surface area (TPSA) is 73.0 Å². The van der Waals surface area contributed by atoms with Gasteiger partial charge < -0.3 is 15.1 Å². The van der Waals surface area contributed by atoms with Crippen LogP contribution in [0, 0.1) is 0 Å². The molecule has 3 rings (SSSR count). The lowest BCUT2D eigenvalue weighted by Crippen LogP contribution is -2.55. The van der Waals surface area contributed by atoms with Crippen LogP contribution in [0.4, 0.5) is 0 Å². The number of benzene rings is 1. The van der Waals surface area contributed by atoms with Crippen LogP contribution in [-0.4, -0.2) is 84.3 Å². The van der Waals surface area contributed by atoms with E-state index in [1.165, 1.54) is 12.8 Å². The van der Waals surface area contributed by atoms with E-state index in [1.54, 1.807) is 36.1 Å². The summed E-state index contributed by atoms with van der Waals surface area (Å²) in [5.41, 5.74) is 0.357. The van der Waals surface area contributed by atoms with Gasteiger partial charge in [0.25, 0.3) is 5.91 Å². The molecule has 0 saturated carbocycles. The van der Waals surface area contributed by atoms with Gasteiger partial charge in [0.15, 0.2) is 0 Å². The highest BCUT2D eigenvalue weighted by atomic mass is 35.5. The average molecular weight is 435 g/mol. The molecule has 3 amide bonds. The molecule has 1 aromatic rings. The fraction of sp³-hybridized carbons (Fsp3) is 0.591. The van der Waals surface area contributed by atoms with Crippen molar-refractivity contribution >= 4 is 29.3 Å². The number of nitrogens with zero attached hydrogens (tertiary/aromatic N) is 3. The van der Waals surface area contributed by atoms with Crippen LogP contribution < -0.4 is 5.32 Å². The quantitative estimate of drug-likeness (QED) is 0.769. The monoisotopic (exact) mass is 434 g/mol. The van der Waals surface area contributed by atoms with Gasteiger partial charge in [0.05, 0.1) is 17.1 Å². The Balaban J connectivity index is 1.44. The zero-order chi connectivity index (χ0) is 21.5. The summed E-state index contributed by atoms with van der Waals surface area (Å²) < 4.78 is 0. The van der Waals surface area contributed by atoms with Gasteiger partial charge in [-0.3, -0.25) is 19.3 Å². The molecule has 8 heteroatoms. The minimum Gasteiger partial charge on any atom is -0.342 e. The molecule has 2 fully saturated rings. The Bertz CT molecular complexity index is 757. The number of hydrogen-bond donors (Lipinski definition) is 1. The number of hydrogen-bond acceptors (Lipinski definition) is 4. The number of amides is 3. The first-order chi connectivity index (χ1) is 14.5.